The largest absolute Gasteiger partial charge is 0.394 e. The molecule has 12 N–H and O–H groups in total. The first kappa shape index (κ1) is 107. The van der Waals surface area contributed by atoms with E-state index >= 15 is 0 Å². The highest BCUT2D eigenvalue weighted by Crippen LogP contribution is 2.34. The minimum Gasteiger partial charge on any atom is -0.394 e. The number of aliphatic hydroxyl groups excluding tert-OH is 11. The second-order valence-corrected chi connectivity index (χ2v) is 35.2. The number of carbonyl (C=O) groups excluding carboxylic acids is 1. The molecule has 3 fully saturated rings. The van der Waals surface area contributed by atoms with Gasteiger partial charge in [-0.25, -0.2) is 0 Å². The van der Waals surface area contributed by atoms with Gasteiger partial charge in [0, 0.05) is 6.42 Å². The Labute approximate surface area is 702 Å². The van der Waals surface area contributed by atoms with Crippen LogP contribution < -0.4 is 5.32 Å². The smallest absolute Gasteiger partial charge is 0.220 e. The first-order valence-corrected chi connectivity index (χ1v) is 49.1. The Morgan fingerprint density at radius 1 is 0.304 bits per heavy atom. The van der Waals surface area contributed by atoms with Crippen LogP contribution in [0.3, 0.4) is 0 Å². The Morgan fingerprint density at radius 2 is 0.548 bits per heavy atom. The molecule has 17 unspecified atom stereocenters. The van der Waals surface area contributed by atoms with Crippen LogP contribution in [-0.2, 0) is 33.2 Å². The van der Waals surface area contributed by atoms with Crippen LogP contribution in [0.15, 0.2) is 24.3 Å². The van der Waals surface area contributed by atoms with Crippen molar-refractivity contribution in [1.29, 1.82) is 0 Å². The van der Waals surface area contributed by atoms with Crippen molar-refractivity contribution in [2.45, 2.75) is 555 Å². The highest BCUT2D eigenvalue weighted by atomic mass is 16.8. The van der Waals surface area contributed by atoms with Crippen LogP contribution in [0.1, 0.15) is 450 Å². The van der Waals surface area contributed by atoms with Crippen LogP contribution in [0, 0.1) is 0 Å². The van der Waals surface area contributed by atoms with Crippen LogP contribution in [0.2, 0.25) is 0 Å². The normalized spacial score (nSPS) is 24.6. The van der Waals surface area contributed by atoms with Crippen molar-refractivity contribution < 1.29 is 89.4 Å². The number of hydrogen-bond donors (Lipinski definition) is 12. The Morgan fingerprint density at radius 3 is 0.843 bits per heavy atom. The molecule has 0 aromatic carbocycles. The van der Waals surface area contributed by atoms with E-state index < -0.39 is 124 Å². The number of nitrogens with one attached hydrogen (secondary N) is 1. The van der Waals surface area contributed by atoms with Gasteiger partial charge >= 0.3 is 0 Å². The molecule has 115 heavy (non-hydrogen) atoms. The third kappa shape index (κ3) is 53.8. The summed E-state index contributed by atoms with van der Waals surface area (Å²) in [6.45, 7) is 1.82. The van der Waals surface area contributed by atoms with E-state index in [2.05, 4.69) is 31.3 Å². The molecular weight excluding hydrogens is 1460 g/mol. The van der Waals surface area contributed by atoms with Crippen LogP contribution in [-0.4, -0.2) is 193 Å². The number of allylic oxidation sites excluding steroid dienone is 3. The highest BCUT2D eigenvalue weighted by Gasteiger charge is 2.54. The number of rotatable bonds is 82. The molecule has 0 saturated carbocycles. The van der Waals surface area contributed by atoms with Gasteiger partial charge in [0.05, 0.1) is 38.6 Å². The average Bonchev–Trinajstić information content (AvgIpc) is 0.779. The van der Waals surface area contributed by atoms with E-state index in [4.69, 9.17) is 28.4 Å². The van der Waals surface area contributed by atoms with Crippen molar-refractivity contribution >= 4 is 5.91 Å². The lowest BCUT2D eigenvalue weighted by Gasteiger charge is -2.48. The molecule has 3 rings (SSSR count). The van der Waals surface area contributed by atoms with Crippen molar-refractivity contribution in [2.24, 2.45) is 0 Å². The molecule has 19 nitrogen and oxygen atoms in total. The summed E-state index contributed by atoms with van der Waals surface area (Å²) in [5, 5.41) is 121. The van der Waals surface area contributed by atoms with Crippen LogP contribution in [0.4, 0.5) is 0 Å². The Bertz CT molecular complexity index is 2160. The molecule has 0 spiro atoms. The lowest BCUT2D eigenvalue weighted by molar-refractivity contribution is -0.379. The lowest BCUT2D eigenvalue weighted by atomic mass is 9.96. The van der Waals surface area contributed by atoms with Crippen molar-refractivity contribution in [3.63, 3.8) is 0 Å². The molecule has 0 bridgehead atoms. The minimum atomic E-state index is -1.98. The Kier molecular flexibility index (Phi) is 71.0. The van der Waals surface area contributed by atoms with E-state index in [9.17, 15) is 61.0 Å². The molecule has 0 aromatic rings. The van der Waals surface area contributed by atoms with Crippen molar-refractivity contribution in [2.75, 3.05) is 26.4 Å². The molecule has 3 heterocycles. The summed E-state index contributed by atoms with van der Waals surface area (Å²) in [5.74, 6) is -0.264. The predicted octanol–water partition coefficient (Wildman–Crippen LogP) is 20.0. The van der Waals surface area contributed by atoms with Gasteiger partial charge in [0.2, 0.25) is 5.91 Å². The van der Waals surface area contributed by atoms with E-state index in [1.165, 1.54) is 379 Å². The summed E-state index contributed by atoms with van der Waals surface area (Å²) in [6.07, 6.45) is 70.8. The van der Waals surface area contributed by atoms with Crippen LogP contribution in [0.5, 0.6) is 0 Å². The maximum absolute atomic E-state index is 13.5. The number of amides is 1. The van der Waals surface area contributed by atoms with E-state index in [1.54, 1.807) is 6.08 Å². The summed E-state index contributed by atoms with van der Waals surface area (Å²) in [6, 6.07) is -0.973. The molecule has 3 aliphatic rings. The molecule has 680 valence electrons. The Balaban J connectivity index is 1.29. The lowest BCUT2D eigenvalue weighted by Crippen LogP contribution is -2.66. The van der Waals surface area contributed by atoms with Gasteiger partial charge in [-0.3, -0.25) is 4.79 Å². The van der Waals surface area contributed by atoms with Gasteiger partial charge in [0.1, 0.15) is 73.2 Å². The van der Waals surface area contributed by atoms with Gasteiger partial charge in [-0.15, -0.1) is 0 Å². The number of aliphatic hydroxyl groups is 11. The maximum Gasteiger partial charge on any atom is 0.220 e. The van der Waals surface area contributed by atoms with Crippen LogP contribution in [0.25, 0.3) is 0 Å². The zero-order valence-electron chi connectivity index (χ0n) is 73.8. The molecule has 0 aliphatic carbocycles. The number of unbranched alkanes of at least 4 members (excludes halogenated alkanes) is 64. The quantitative estimate of drug-likeness (QED) is 0.0199. The van der Waals surface area contributed by atoms with Gasteiger partial charge < -0.3 is 89.9 Å². The zero-order valence-corrected chi connectivity index (χ0v) is 73.8. The molecule has 3 saturated heterocycles. The van der Waals surface area contributed by atoms with E-state index in [1.807, 2.05) is 6.08 Å². The Hall–Kier alpha value is -1.73. The summed E-state index contributed by atoms with van der Waals surface area (Å²) in [4.78, 5) is 13.5. The fourth-order valence-corrected chi connectivity index (χ4v) is 17.0. The summed E-state index contributed by atoms with van der Waals surface area (Å²) in [7, 11) is 0. The third-order valence-corrected chi connectivity index (χ3v) is 24.7. The monoisotopic (exact) mass is 1640 g/mol. The second kappa shape index (κ2) is 76.0. The van der Waals surface area contributed by atoms with E-state index in [0.29, 0.717) is 6.42 Å². The SMILES string of the molecule is CCCCCCCCCC/C=C\CCCCCCCCCCCCCCCCCCCCCCCCCCCCCC(=O)NC(COC1OC(CO)C(OC2OC(CO)C(OC3OC(CO)C(O)C(O)C3O)C(O)C2O)C(O)C1O)C(O)/C=C/CCCCCCCCCCCCCCCCCCCCCCCCCCCCCCC. The first-order valence-electron chi connectivity index (χ1n) is 49.1. The number of carbonyl (C=O) groups is 1. The third-order valence-electron chi connectivity index (χ3n) is 24.7. The predicted molar refractivity (Wildman–Crippen MR) is 467 cm³/mol. The maximum atomic E-state index is 13.5. The minimum absolute atomic E-state index is 0.250. The van der Waals surface area contributed by atoms with Gasteiger partial charge in [0.25, 0.3) is 0 Å². The zero-order chi connectivity index (χ0) is 83.1. The molecule has 1 amide bonds. The fourth-order valence-electron chi connectivity index (χ4n) is 17.0. The van der Waals surface area contributed by atoms with E-state index in [0.717, 1.165) is 44.9 Å². The second-order valence-electron chi connectivity index (χ2n) is 35.2. The number of ether oxygens (including phenoxy) is 6. The van der Waals surface area contributed by atoms with E-state index in [-0.39, 0.29) is 18.9 Å². The first-order chi connectivity index (χ1) is 56.3. The van der Waals surface area contributed by atoms with Crippen molar-refractivity contribution in [3.8, 4) is 0 Å². The average molecular weight is 1640 g/mol. The van der Waals surface area contributed by atoms with Gasteiger partial charge in [0.15, 0.2) is 18.9 Å². The molecular formula is C96H183NO18. The van der Waals surface area contributed by atoms with Gasteiger partial charge in [-0.1, -0.05) is 423 Å². The van der Waals surface area contributed by atoms with Gasteiger partial charge in [-0.2, -0.15) is 0 Å². The van der Waals surface area contributed by atoms with Crippen LogP contribution >= 0.6 is 0 Å². The van der Waals surface area contributed by atoms with Crippen molar-refractivity contribution in [1.82, 2.24) is 5.32 Å². The summed E-state index contributed by atoms with van der Waals surface area (Å²) in [5.41, 5.74) is 0. The summed E-state index contributed by atoms with van der Waals surface area (Å²) < 4.78 is 34.6. The van der Waals surface area contributed by atoms with Gasteiger partial charge in [-0.05, 0) is 44.9 Å². The topological polar surface area (TPSA) is 307 Å². The molecule has 0 radical (unpaired) electrons. The highest BCUT2D eigenvalue weighted by molar-refractivity contribution is 5.76. The molecule has 0 aromatic heterocycles. The fraction of sp³-hybridized carbons (Fsp3) is 0.948. The standard InChI is InChI=1S/C96H183NO18/c1-3-5-7-9-11-13-15-17-19-21-23-25-27-29-31-33-35-36-37-38-39-40-41-42-44-46-48-50-52-54-56-58-60-62-64-66-68-70-72-74-84(102)97-79(80(101)73-71-69-67-65-63-61-59-57-55-53-51-49-47-45-43-34-32-30-28-26-24-22-20-18-16-14-12-10-8-6-4-2)78-110-94-90(108)87(105)92(82(76-99)112-94)115-96-91(109)88(106)93(83(77-100)113-96)114-95-89(107)86(104)85(103)81(75-98)111-95/h21,23,71,73,79-83,85-96,98-101,103-109H,3-20,22,24-70,72,74-78H2,1-2H3,(H,97,102)/b23-21-,73-71+. The molecule has 3 aliphatic heterocycles. The summed E-state index contributed by atoms with van der Waals surface area (Å²) >= 11 is 0. The van der Waals surface area contributed by atoms with Crippen molar-refractivity contribution in [3.05, 3.63) is 24.3 Å². The molecule has 17 atom stereocenters. The number of hydrogen-bond acceptors (Lipinski definition) is 18. The molecule has 19 heteroatoms.